The molecule has 0 radical (unpaired) electrons. The van der Waals surface area contributed by atoms with E-state index in [1.165, 1.54) is 19.3 Å². The minimum absolute atomic E-state index is 0.229. The summed E-state index contributed by atoms with van der Waals surface area (Å²) >= 11 is 0. The molecule has 0 aliphatic carbocycles. The van der Waals surface area contributed by atoms with Crippen LogP contribution in [-0.4, -0.2) is 43.1 Å². The molecule has 120 valence electrons. The molecule has 7 heteroatoms. The van der Waals surface area contributed by atoms with Crippen LogP contribution in [0.5, 0.6) is 0 Å². The Labute approximate surface area is 130 Å². The molecule has 22 heavy (non-hydrogen) atoms. The van der Waals surface area contributed by atoms with Crippen LogP contribution in [0.25, 0.3) is 0 Å². The van der Waals surface area contributed by atoms with Crippen molar-refractivity contribution in [1.82, 2.24) is 10.2 Å². The molecule has 7 nitrogen and oxygen atoms in total. The number of nitrogens with one attached hydrogen (secondary N) is 3. The van der Waals surface area contributed by atoms with Crippen molar-refractivity contribution in [2.75, 3.05) is 36.8 Å². The van der Waals surface area contributed by atoms with Crippen LogP contribution >= 0.6 is 0 Å². The maximum absolute atomic E-state index is 11.8. The number of hydrogen-bond acceptors (Lipinski definition) is 3. The highest BCUT2D eigenvalue weighted by molar-refractivity contribution is 5.90. The van der Waals surface area contributed by atoms with Crippen molar-refractivity contribution in [2.45, 2.75) is 19.3 Å². The van der Waals surface area contributed by atoms with Crippen molar-refractivity contribution in [3.8, 4) is 0 Å². The monoisotopic (exact) mass is 305 g/mol. The smallest absolute Gasteiger partial charge is 0.319 e. The van der Waals surface area contributed by atoms with E-state index in [1.54, 1.807) is 24.3 Å². The summed E-state index contributed by atoms with van der Waals surface area (Å²) in [5.41, 5.74) is 6.27. The Balaban J connectivity index is 1.68. The van der Waals surface area contributed by atoms with Crippen LogP contribution in [0.3, 0.4) is 0 Å². The van der Waals surface area contributed by atoms with Crippen LogP contribution in [-0.2, 0) is 0 Å². The third-order valence-corrected chi connectivity index (χ3v) is 3.57. The third kappa shape index (κ3) is 5.61. The van der Waals surface area contributed by atoms with Gasteiger partial charge in [0.05, 0.1) is 0 Å². The number of benzene rings is 1. The topological polar surface area (TPSA) is 99.5 Å². The summed E-state index contributed by atoms with van der Waals surface area (Å²) in [4.78, 5) is 24.9. The molecule has 1 aromatic rings. The number of carbonyl (C=O) groups excluding carboxylic acids is 2. The second-order valence-corrected chi connectivity index (χ2v) is 5.35. The van der Waals surface area contributed by atoms with E-state index >= 15 is 0 Å². The fourth-order valence-corrected chi connectivity index (χ4v) is 2.46. The van der Waals surface area contributed by atoms with Gasteiger partial charge in [-0.05, 0) is 50.2 Å². The zero-order chi connectivity index (χ0) is 15.8. The summed E-state index contributed by atoms with van der Waals surface area (Å²) in [5.74, 6) is 0. The number of hydrogen-bond donors (Lipinski definition) is 4. The van der Waals surface area contributed by atoms with E-state index in [9.17, 15) is 9.59 Å². The van der Waals surface area contributed by atoms with Crippen LogP contribution in [0.4, 0.5) is 21.0 Å². The molecule has 1 saturated heterocycles. The lowest BCUT2D eigenvalue weighted by atomic mass is 10.1. The summed E-state index contributed by atoms with van der Waals surface area (Å²) in [6.07, 6.45) is 3.81. The van der Waals surface area contributed by atoms with Gasteiger partial charge in [0, 0.05) is 24.5 Å². The first-order valence-corrected chi connectivity index (χ1v) is 7.57. The van der Waals surface area contributed by atoms with E-state index in [0.717, 1.165) is 19.6 Å². The Morgan fingerprint density at radius 3 is 2.18 bits per heavy atom. The molecule has 1 heterocycles. The number of rotatable bonds is 5. The van der Waals surface area contributed by atoms with Gasteiger partial charge >= 0.3 is 12.1 Å². The van der Waals surface area contributed by atoms with Crippen molar-refractivity contribution in [3.05, 3.63) is 24.3 Å². The molecule has 2 rings (SSSR count). The molecule has 0 bridgehead atoms. The number of primary amides is 1. The summed E-state index contributed by atoms with van der Waals surface area (Å²) in [5, 5.41) is 8.05. The summed E-state index contributed by atoms with van der Waals surface area (Å²) < 4.78 is 0. The largest absolute Gasteiger partial charge is 0.351 e. The normalized spacial score (nSPS) is 15.1. The molecule has 0 atom stereocenters. The average Bonchev–Trinajstić information content (AvgIpc) is 2.50. The second-order valence-electron chi connectivity index (χ2n) is 5.35. The first-order chi connectivity index (χ1) is 10.6. The van der Waals surface area contributed by atoms with Gasteiger partial charge in [0.1, 0.15) is 0 Å². The fraction of sp³-hybridized carbons (Fsp3) is 0.467. The zero-order valence-corrected chi connectivity index (χ0v) is 12.6. The van der Waals surface area contributed by atoms with Gasteiger partial charge in [0.2, 0.25) is 0 Å². The maximum Gasteiger partial charge on any atom is 0.319 e. The van der Waals surface area contributed by atoms with Crippen molar-refractivity contribution >= 4 is 23.4 Å². The standard InChI is InChI=1S/C15H23N5O2/c16-14(21)18-12-4-6-13(7-5-12)19-15(22)17-8-11-20-9-2-1-3-10-20/h4-7H,1-3,8-11H2,(H3,16,18,21)(H2,17,19,22). The molecule has 0 saturated carbocycles. The van der Waals surface area contributed by atoms with E-state index in [1.807, 2.05) is 0 Å². The quantitative estimate of drug-likeness (QED) is 0.667. The number of amides is 4. The minimum Gasteiger partial charge on any atom is -0.351 e. The third-order valence-electron chi connectivity index (χ3n) is 3.57. The average molecular weight is 305 g/mol. The van der Waals surface area contributed by atoms with Gasteiger partial charge in [-0.1, -0.05) is 6.42 Å². The van der Waals surface area contributed by atoms with E-state index in [0.29, 0.717) is 17.9 Å². The predicted octanol–water partition coefficient (Wildman–Crippen LogP) is 1.78. The van der Waals surface area contributed by atoms with Gasteiger partial charge < -0.3 is 26.6 Å². The van der Waals surface area contributed by atoms with Crippen LogP contribution in [0.2, 0.25) is 0 Å². The van der Waals surface area contributed by atoms with Crippen LogP contribution in [0.15, 0.2) is 24.3 Å². The summed E-state index contributed by atoms with van der Waals surface area (Å²) in [7, 11) is 0. The van der Waals surface area contributed by atoms with E-state index < -0.39 is 6.03 Å². The fourth-order valence-electron chi connectivity index (χ4n) is 2.46. The Morgan fingerprint density at radius 2 is 1.59 bits per heavy atom. The van der Waals surface area contributed by atoms with Crippen LogP contribution in [0, 0.1) is 0 Å². The highest BCUT2D eigenvalue weighted by atomic mass is 16.2. The SMILES string of the molecule is NC(=O)Nc1ccc(NC(=O)NCCN2CCCCC2)cc1. The molecule has 0 unspecified atom stereocenters. The number of carbonyl (C=O) groups is 2. The van der Waals surface area contributed by atoms with Crippen molar-refractivity contribution in [2.24, 2.45) is 5.73 Å². The van der Waals surface area contributed by atoms with Gasteiger partial charge in [-0.2, -0.15) is 0 Å². The molecular weight excluding hydrogens is 282 g/mol. The number of anilines is 2. The molecule has 0 aromatic heterocycles. The first-order valence-electron chi connectivity index (χ1n) is 7.57. The Kier molecular flexibility index (Phi) is 6.02. The molecule has 1 fully saturated rings. The summed E-state index contributed by atoms with van der Waals surface area (Å²) in [6.45, 7) is 3.76. The van der Waals surface area contributed by atoms with Crippen LogP contribution in [0.1, 0.15) is 19.3 Å². The first kappa shape index (κ1) is 16.1. The lowest BCUT2D eigenvalue weighted by molar-refractivity contribution is 0.224. The van der Waals surface area contributed by atoms with Crippen molar-refractivity contribution in [3.63, 3.8) is 0 Å². The zero-order valence-electron chi connectivity index (χ0n) is 12.6. The number of likely N-dealkylation sites (tertiary alicyclic amines) is 1. The van der Waals surface area contributed by atoms with Crippen molar-refractivity contribution < 1.29 is 9.59 Å². The lowest BCUT2D eigenvalue weighted by Gasteiger charge is -2.26. The number of nitrogens with two attached hydrogens (primary N) is 1. The lowest BCUT2D eigenvalue weighted by Crippen LogP contribution is -2.39. The maximum atomic E-state index is 11.8. The van der Waals surface area contributed by atoms with Gasteiger partial charge in [-0.3, -0.25) is 0 Å². The van der Waals surface area contributed by atoms with Gasteiger partial charge in [-0.25, -0.2) is 9.59 Å². The molecule has 0 spiro atoms. The van der Waals surface area contributed by atoms with Gasteiger partial charge in [-0.15, -0.1) is 0 Å². The number of urea groups is 2. The highest BCUT2D eigenvalue weighted by Crippen LogP contribution is 2.13. The molecular formula is C15H23N5O2. The second kappa shape index (κ2) is 8.23. The minimum atomic E-state index is -0.615. The molecule has 5 N–H and O–H groups in total. The van der Waals surface area contributed by atoms with E-state index in [-0.39, 0.29) is 6.03 Å². The molecule has 1 aliphatic rings. The van der Waals surface area contributed by atoms with Crippen molar-refractivity contribution in [1.29, 1.82) is 0 Å². The van der Waals surface area contributed by atoms with E-state index in [4.69, 9.17) is 5.73 Å². The highest BCUT2D eigenvalue weighted by Gasteiger charge is 2.09. The number of nitrogens with zero attached hydrogens (tertiary/aromatic N) is 1. The molecule has 4 amide bonds. The Bertz CT molecular complexity index is 497. The van der Waals surface area contributed by atoms with Crippen LogP contribution < -0.4 is 21.7 Å². The Morgan fingerprint density at radius 1 is 1.00 bits per heavy atom. The predicted molar refractivity (Wildman–Crippen MR) is 87.0 cm³/mol. The van der Waals surface area contributed by atoms with Gasteiger partial charge in [0.25, 0.3) is 0 Å². The molecule has 1 aromatic carbocycles. The molecule has 1 aliphatic heterocycles. The number of piperidine rings is 1. The van der Waals surface area contributed by atoms with E-state index in [2.05, 4.69) is 20.9 Å². The summed E-state index contributed by atoms with van der Waals surface area (Å²) in [6, 6.07) is 5.91. The van der Waals surface area contributed by atoms with Gasteiger partial charge in [0.15, 0.2) is 0 Å². The Hall–Kier alpha value is -2.28.